The van der Waals surface area contributed by atoms with E-state index in [4.69, 9.17) is 4.74 Å². The van der Waals surface area contributed by atoms with Crippen LogP contribution in [0.4, 0.5) is 18.9 Å². The van der Waals surface area contributed by atoms with Crippen LogP contribution in [0.1, 0.15) is 27.7 Å². The van der Waals surface area contributed by atoms with Crippen molar-refractivity contribution < 1.29 is 35.3 Å². The highest BCUT2D eigenvalue weighted by Crippen LogP contribution is 2.42. The number of carbonyl (C=O) groups excluding carboxylic acids is 1. The van der Waals surface area contributed by atoms with Crippen molar-refractivity contribution in [3.63, 3.8) is 0 Å². The number of benzene rings is 1. The third-order valence-electron chi connectivity index (χ3n) is 4.91. The molecule has 0 bridgehead atoms. The van der Waals surface area contributed by atoms with E-state index >= 15 is 0 Å². The Morgan fingerprint density at radius 3 is 2.70 bits per heavy atom. The summed E-state index contributed by atoms with van der Waals surface area (Å²) < 4.78 is 71.6. The monoisotopic (exact) mass is 501 g/mol. The number of hydrogen-bond acceptors (Lipinski definition) is 8. The third kappa shape index (κ3) is 4.29. The molecule has 1 aliphatic heterocycles. The molecule has 1 N–H and O–H groups in total. The fraction of sp³-hybridized carbons (Fsp3) is 0.300. The second kappa shape index (κ2) is 8.37. The van der Waals surface area contributed by atoms with Gasteiger partial charge in [0.15, 0.2) is 5.75 Å². The number of pyridine rings is 1. The summed E-state index contributed by atoms with van der Waals surface area (Å²) in [6, 6.07) is 7.96. The molecular formula is C20H18F3N3O5S2. The van der Waals surface area contributed by atoms with Gasteiger partial charge in [-0.15, -0.1) is 11.3 Å². The average molecular weight is 502 g/mol. The summed E-state index contributed by atoms with van der Waals surface area (Å²) >= 11 is 0.804. The number of nitrogens with zero attached hydrogens (tertiary/aromatic N) is 2. The number of fused-ring (bicyclic) bond motifs is 2. The van der Waals surface area contributed by atoms with Gasteiger partial charge < -0.3 is 19.1 Å². The van der Waals surface area contributed by atoms with Crippen LogP contribution in [0.5, 0.6) is 11.5 Å². The van der Waals surface area contributed by atoms with Crippen molar-refractivity contribution in [1.82, 2.24) is 10.3 Å². The van der Waals surface area contributed by atoms with Crippen LogP contribution in [-0.4, -0.2) is 45.5 Å². The van der Waals surface area contributed by atoms with Gasteiger partial charge in [0.05, 0.1) is 23.0 Å². The van der Waals surface area contributed by atoms with Gasteiger partial charge in [-0.05, 0) is 6.07 Å². The lowest BCUT2D eigenvalue weighted by atomic mass is 10.0. The van der Waals surface area contributed by atoms with E-state index in [0.717, 1.165) is 29.2 Å². The van der Waals surface area contributed by atoms with E-state index in [1.54, 1.807) is 25.1 Å². The first kappa shape index (κ1) is 23.1. The summed E-state index contributed by atoms with van der Waals surface area (Å²) in [6.07, 6.45) is 1.65. The summed E-state index contributed by atoms with van der Waals surface area (Å²) in [6.45, 7) is 0.407. The van der Waals surface area contributed by atoms with E-state index in [2.05, 4.69) is 14.5 Å². The Bertz CT molecular complexity index is 1320. The number of amides is 1. The Balaban J connectivity index is 1.74. The molecule has 1 aromatic carbocycles. The van der Waals surface area contributed by atoms with E-state index in [1.165, 1.54) is 0 Å². The molecule has 1 aliphatic rings. The van der Waals surface area contributed by atoms with Crippen LogP contribution in [0.3, 0.4) is 0 Å². The van der Waals surface area contributed by atoms with Crippen LogP contribution in [-0.2, 0) is 10.1 Å². The summed E-state index contributed by atoms with van der Waals surface area (Å²) in [7, 11) is -2.61. The molecule has 1 unspecified atom stereocenters. The van der Waals surface area contributed by atoms with Gasteiger partial charge in [0, 0.05) is 38.3 Å². The minimum Gasteiger partial charge on any atom is -0.493 e. The molecule has 176 valence electrons. The molecule has 33 heavy (non-hydrogen) atoms. The molecule has 13 heteroatoms. The van der Waals surface area contributed by atoms with Gasteiger partial charge in [-0.2, -0.15) is 21.6 Å². The second-order valence-electron chi connectivity index (χ2n) is 7.35. The molecular weight excluding hydrogens is 483 g/mol. The SMILES string of the molecule is CN(C)c1c(C(=O)NC2CCOc3ccccc32)sc2c(OS(=O)(=O)C(F)(F)F)ccnc12. The Hall–Kier alpha value is -3.06. The number of alkyl halides is 3. The van der Waals surface area contributed by atoms with Crippen LogP contribution in [0.15, 0.2) is 36.5 Å². The summed E-state index contributed by atoms with van der Waals surface area (Å²) in [5.74, 6) is -0.373. The molecule has 1 atom stereocenters. The van der Waals surface area contributed by atoms with Crippen LogP contribution >= 0.6 is 11.3 Å². The van der Waals surface area contributed by atoms with Gasteiger partial charge >= 0.3 is 15.6 Å². The number of carbonyl (C=O) groups is 1. The molecule has 0 saturated carbocycles. The zero-order chi connectivity index (χ0) is 24.0. The van der Waals surface area contributed by atoms with Crippen LogP contribution in [0.25, 0.3) is 10.2 Å². The molecule has 1 amide bonds. The van der Waals surface area contributed by atoms with E-state index < -0.39 is 27.3 Å². The second-order valence-corrected chi connectivity index (χ2v) is 9.90. The number of aromatic nitrogens is 1. The van der Waals surface area contributed by atoms with Crippen molar-refractivity contribution in [2.75, 3.05) is 25.6 Å². The molecule has 0 fully saturated rings. The minimum atomic E-state index is -5.89. The summed E-state index contributed by atoms with van der Waals surface area (Å²) in [5, 5.41) is 2.94. The van der Waals surface area contributed by atoms with Gasteiger partial charge in [0.25, 0.3) is 5.91 Å². The highest BCUT2D eigenvalue weighted by atomic mass is 32.2. The molecule has 8 nitrogen and oxygen atoms in total. The summed E-state index contributed by atoms with van der Waals surface area (Å²) in [5.41, 5.74) is -4.30. The normalized spacial score (nSPS) is 16.1. The van der Waals surface area contributed by atoms with Gasteiger partial charge in [0.2, 0.25) is 0 Å². The number of rotatable bonds is 5. The molecule has 0 saturated heterocycles. The van der Waals surface area contributed by atoms with Gasteiger partial charge in [-0.25, -0.2) is 0 Å². The molecule has 2 aromatic heterocycles. The molecule has 0 spiro atoms. The predicted molar refractivity (Wildman–Crippen MR) is 116 cm³/mol. The Morgan fingerprint density at radius 2 is 2.00 bits per heavy atom. The largest absolute Gasteiger partial charge is 0.534 e. The zero-order valence-corrected chi connectivity index (χ0v) is 19.0. The maximum Gasteiger partial charge on any atom is 0.534 e. The standard InChI is InChI=1S/C20H18F3N3O5S2/c1-26(2)16-15-17(14(7-9-24-15)31-33(28,29)20(21,22)23)32-18(16)19(27)25-12-8-10-30-13-6-4-3-5-11(12)13/h3-7,9,12H,8,10H2,1-2H3,(H,25,27). The lowest BCUT2D eigenvalue weighted by molar-refractivity contribution is -0.0499. The number of thiophene rings is 1. The number of nitrogens with one attached hydrogen (secondary N) is 1. The van der Waals surface area contributed by atoms with Gasteiger partial charge in [-0.1, -0.05) is 18.2 Å². The average Bonchev–Trinajstić information content (AvgIpc) is 3.14. The first-order valence-electron chi connectivity index (χ1n) is 9.62. The lowest BCUT2D eigenvalue weighted by Gasteiger charge is -2.26. The van der Waals surface area contributed by atoms with Crippen LogP contribution < -0.4 is 19.1 Å². The van der Waals surface area contributed by atoms with E-state index in [0.29, 0.717) is 24.5 Å². The summed E-state index contributed by atoms with van der Waals surface area (Å²) in [4.78, 5) is 19.1. The van der Waals surface area contributed by atoms with Gasteiger partial charge in [-0.3, -0.25) is 9.78 Å². The highest BCUT2D eigenvalue weighted by Gasteiger charge is 2.49. The maximum atomic E-state index is 13.2. The van der Waals surface area contributed by atoms with Crippen molar-refractivity contribution in [2.45, 2.75) is 18.0 Å². The molecule has 0 aliphatic carbocycles. The van der Waals surface area contributed by atoms with Crippen molar-refractivity contribution in [3.8, 4) is 11.5 Å². The first-order chi connectivity index (χ1) is 15.5. The maximum absolute atomic E-state index is 13.2. The fourth-order valence-corrected chi connectivity index (χ4v) is 5.18. The molecule has 3 aromatic rings. The van der Waals surface area contributed by atoms with Crippen molar-refractivity contribution in [3.05, 3.63) is 47.0 Å². The smallest absolute Gasteiger partial charge is 0.493 e. The fourth-order valence-electron chi connectivity index (χ4n) is 3.47. The molecule has 0 radical (unpaired) electrons. The van der Waals surface area contributed by atoms with Crippen molar-refractivity contribution in [1.29, 1.82) is 0 Å². The Labute approximate surface area is 191 Å². The van der Waals surface area contributed by atoms with Crippen molar-refractivity contribution >= 4 is 43.3 Å². The molecule has 4 rings (SSSR count). The third-order valence-corrected chi connectivity index (χ3v) is 7.06. The van der Waals surface area contributed by atoms with E-state index in [1.807, 2.05) is 18.2 Å². The Kier molecular flexibility index (Phi) is 5.86. The van der Waals surface area contributed by atoms with Crippen molar-refractivity contribution in [2.24, 2.45) is 0 Å². The zero-order valence-electron chi connectivity index (χ0n) is 17.3. The van der Waals surface area contributed by atoms with Crippen LogP contribution in [0.2, 0.25) is 0 Å². The predicted octanol–water partition coefficient (Wildman–Crippen LogP) is 3.84. The lowest BCUT2D eigenvalue weighted by Crippen LogP contribution is -2.32. The highest BCUT2D eigenvalue weighted by molar-refractivity contribution is 7.88. The first-order valence-corrected chi connectivity index (χ1v) is 11.8. The Morgan fingerprint density at radius 1 is 1.27 bits per heavy atom. The topological polar surface area (TPSA) is 97.8 Å². The quantitative estimate of drug-likeness (QED) is 0.419. The number of anilines is 1. The number of halogens is 3. The minimum absolute atomic E-state index is 0.00607. The molecule has 3 heterocycles. The van der Waals surface area contributed by atoms with Gasteiger partial charge in [0.1, 0.15) is 16.1 Å². The van der Waals surface area contributed by atoms with E-state index in [9.17, 15) is 26.4 Å². The number of para-hydroxylation sites is 1. The van der Waals surface area contributed by atoms with Crippen LogP contribution in [0, 0.1) is 0 Å². The number of ether oxygens (including phenoxy) is 1. The number of hydrogen-bond donors (Lipinski definition) is 1. The van der Waals surface area contributed by atoms with E-state index in [-0.39, 0.29) is 21.1 Å².